The summed E-state index contributed by atoms with van der Waals surface area (Å²) < 4.78 is 22.8. The number of nitrogens with zero attached hydrogens (tertiary/aromatic N) is 5. The summed E-state index contributed by atoms with van der Waals surface area (Å²) in [6, 6.07) is 5.52. The number of carbonyl (C=O) groups excluding carboxylic acids is 2. The van der Waals surface area contributed by atoms with Gasteiger partial charge in [0.2, 0.25) is 0 Å². The Morgan fingerprint density at radius 1 is 0.317 bits per heavy atom. The Labute approximate surface area is 742 Å². The van der Waals surface area contributed by atoms with Crippen molar-refractivity contribution in [3.63, 3.8) is 0 Å². The smallest absolute Gasteiger partial charge is 0.433 e. The maximum Gasteiger partial charge on any atom is 0.514 e. The number of rotatable bonds is 85. The highest BCUT2D eigenvalue weighted by atomic mass is 16.7. The predicted octanol–water partition coefficient (Wildman–Crippen LogP) is 31.7. The summed E-state index contributed by atoms with van der Waals surface area (Å²) in [6.45, 7) is 35.5. The third-order valence-corrected chi connectivity index (χ3v) is 22.6. The first kappa shape index (κ1) is 117. The zero-order valence-electron chi connectivity index (χ0n) is 80.1. The molecule has 0 aliphatic heterocycles. The number of likely N-dealkylation sites (N-methyl/N-ethyl adjacent to an activating group) is 2. The average molecular weight is 1680 g/mol. The molecule has 1 aromatic carbocycles. The molecule has 0 radical (unpaired) electrons. The van der Waals surface area contributed by atoms with E-state index in [0.29, 0.717) is 6.61 Å². The van der Waals surface area contributed by atoms with E-state index in [1.54, 1.807) is 0 Å². The Hall–Kier alpha value is -5.12. The maximum absolute atomic E-state index is 12.9. The second kappa shape index (κ2) is 97.7. The van der Waals surface area contributed by atoms with Gasteiger partial charge in [-0.3, -0.25) is 19.9 Å². The standard InChI is InChI=1S/C50H94N2O3.C44H71NO5.C12H28N2O/c1-6-11-14-16-18-20-22-24-26-28-30-32-34-36-38-40-42-49(43-41-39-37-35-33-31-29-27-25-23-21-19-17-15-12-7-2)55-50(53)54-48-47-52(44-13-8-3)46-45-51(9-4)10-5;1-3-5-7-9-11-13-15-17-19-21-23-25-27-29-31-33-35-42(49-44(46)50-43-39-37-41(38-40-43)45(47)48)36-34-32-30-28-26-24-22-20-18-16-14-12-10-8-6-4-2;1-4-7-8-14(11-12-15)10-9-13(5-2)6-3/h18-21,24-27,49H,6-17,22-23,28-48H2,1-5H3;11-14,17-20,37-40,42H,3-10,15-16,21-36H2,1-2H3;15H,4-12H2,1-3H3/b20-18-,21-19-,26-24-,27-25-;13-11-,14-12-,19-17-,20-18-;. The normalized spacial score (nSPS) is 12.1. The molecule has 696 valence electrons. The van der Waals surface area contributed by atoms with Crippen LogP contribution in [0.4, 0.5) is 15.3 Å². The Morgan fingerprint density at radius 2 is 0.575 bits per heavy atom. The molecule has 0 aliphatic carbocycles. The molecule has 0 spiro atoms. The van der Waals surface area contributed by atoms with Gasteiger partial charge in [0.1, 0.15) is 24.6 Å². The molecule has 0 fully saturated rings. The van der Waals surface area contributed by atoms with E-state index in [9.17, 15) is 19.7 Å². The molecular weight excluding hydrogens is 1490 g/mol. The molecule has 0 bridgehead atoms. The van der Waals surface area contributed by atoms with Gasteiger partial charge in [-0.25, -0.2) is 9.59 Å². The third-order valence-electron chi connectivity index (χ3n) is 22.6. The van der Waals surface area contributed by atoms with Crippen LogP contribution in [0.3, 0.4) is 0 Å². The highest BCUT2D eigenvalue weighted by Crippen LogP contribution is 2.23. The monoisotopic (exact) mass is 1680 g/mol. The SMILES string of the molecule is CCCCC/C=C\C/C=C\CCCCCCCCC(CCCCCCCC/C=C\C/C=C\CCCCC)OC(=O)OCCN(CCCC)CCN(CC)CC.CCCCC/C=C\C/C=C\CCCCCCCCC(CCCCCCCC/C=C\C/C=C\CCCCC)OC(=O)Oc1ccc([N+](=O)[O-])cc1.CCCCN(CCO)CCN(CC)CC. The predicted molar refractivity (Wildman–Crippen MR) is 521 cm³/mol. The summed E-state index contributed by atoms with van der Waals surface area (Å²) in [5.41, 5.74) is -0.0432. The van der Waals surface area contributed by atoms with Gasteiger partial charge in [-0.1, -0.05) is 333 Å². The van der Waals surface area contributed by atoms with Gasteiger partial charge in [0.05, 0.1) is 11.5 Å². The average Bonchev–Trinajstić information content (AvgIpc) is 0.886. The molecule has 0 saturated heterocycles. The fourth-order valence-corrected chi connectivity index (χ4v) is 14.5. The minimum atomic E-state index is -0.732. The van der Waals surface area contributed by atoms with Gasteiger partial charge in [-0.05, 0) is 244 Å². The van der Waals surface area contributed by atoms with Gasteiger partial charge in [0.15, 0.2) is 0 Å². The molecule has 0 amide bonds. The number of benzene rings is 1. The lowest BCUT2D eigenvalue weighted by molar-refractivity contribution is -0.384. The number of aliphatic hydroxyl groups excluding tert-OH is 1. The number of non-ortho nitro benzene ring substituents is 1. The number of carbonyl (C=O) groups is 2. The fourth-order valence-electron chi connectivity index (χ4n) is 14.5. The van der Waals surface area contributed by atoms with E-state index in [4.69, 9.17) is 24.1 Å². The molecule has 0 heterocycles. The molecule has 14 nitrogen and oxygen atoms in total. The highest BCUT2D eigenvalue weighted by molar-refractivity contribution is 5.64. The minimum Gasteiger partial charge on any atom is -0.433 e. The lowest BCUT2D eigenvalue weighted by Crippen LogP contribution is -2.37. The summed E-state index contributed by atoms with van der Waals surface area (Å²) in [7, 11) is 0. The summed E-state index contributed by atoms with van der Waals surface area (Å²) >= 11 is 0. The number of nitro benzene ring substituents is 1. The summed E-state index contributed by atoms with van der Waals surface area (Å²) in [5, 5.41) is 19.9. The second-order valence-electron chi connectivity index (χ2n) is 33.3. The Morgan fingerprint density at radius 3 is 0.850 bits per heavy atom. The van der Waals surface area contributed by atoms with Crippen LogP contribution in [0, 0.1) is 10.1 Å². The van der Waals surface area contributed by atoms with Crippen LogP contribution in [0.15, 0.2) is 121 Å². The minimum absolute atomic E-state index is 0.0250. The topological polar surface area (TPSA) is 147 Å². The van der Waals surface area contributed by atoms with Gasteiger partial charge in [-0.15, -0.1) is 0 Å². The van der Waals surface area contributed by atoms with Crippen molar-refractivity contribution < 1.29 is 38.6 Å². The Bertz CT molecular complexity index is 2440. The molecule has 1 aromatic rings. The Balaban J connectivity index is 0. The molecule has 0 aromatic heterocycles. The van der Waals surface area contributed by atoms with Gasteiger partial charge in [0, 0.05) is 51.4 Å². The summed E-state index contributed by atoms with van der Waals surface area (Å²) in [5.74, 6) is 0.252. The largest absolute Gasteiger partial charge is 0.514 e. The van der Waals surface area contributed by atoms with Gasteiger partial charge in [-0.2, -0.15) is 0 Å². The van der Waals surface area contributed by atoms with Gasteiger partial charge >= 0.3 is 12.3 Å². The van der Waals surface area contributed by atoms with Crippen LogP contribution in [0.25, 0.3) is 0 Å². The first-order valence-corrected chi connectivity index (χ1v) is 50.6. The van der Waals surface area contributed by atoms with E-state index < -0.39 is 17.2 Å². The van der Waals surface area contributed by atoms with Crippen molar-refractivity contribution in [1.82, 2.24) is 19.6 Å². The van der Waals surface area contributed by atoms with E-state index >= 15 is 0 Å². The molecular formula is C106H193N5O9. The number of hydrogen-bond acceptors (Lipinski definition) is 13. The lowest BCUT2D eigenvalue weighted by Gasteiger charge is -2.26. The zero-order chi connectivity index (χ0) is 87.8. The number of ether oxygens (including phenoxy) is 4. The van der Waals surface area contributed by atoms with E-state index in [0.717, 1.165) is 181 Å². The van der Waals surface area contributed by atoms with E-state index in [-0.39, 0.29) is 30.3 Å². The first-order chi connectivity index (χ1) is 58.9. The second-order valence-corrected chi connectivity index (χ2v) is 33.3. The zero-order valence-corrected chi connectivity index (χ0v) is 80.1. The summed E-state index contributed by atoms with van der Waals surface area (Å²) in [4.78, 5) is 45.6. The van der Waals surface area contributed by atoms with Crippen molar-refractivity contribution in [2.75, 3.05) is 91.8 Å². The van der Waals surface area contributed by atoms with Crippen LogP contribution < -0.4 is 4.74 Å². The molecule has 14 heteroatoms. The van der Waals surface area contributed by atoms with E-state index in [2.05, 4.69) is 186 Å². The van der Waals surface area contributed by atoms with Crippen molar-refractivity contribution in [2.24, 2.45) is 0 Å². The Kier molecular flexibility index (Phi) is 95.2. The molecule has 1 N–H and O–H groups in total. The molecule has 0 unspecified atom stereocenters. The van der Waals surface area contributed by atoms with Gasteiger partial charge < -0.3 is 33.9 Å². The number of allylic oxidation sites excluding steroid dienone is 16. The lowest BCUT2D eigenvalue weighted by atomic mass is 10.0. The third kappa shape index (κ3) is 86.4. The number of aliphatic hydroxyl groups is 1. The van der Waals surface area contributed by atoms with E-state index in [1.165, 1.54) is 281 Å². The van der Waals surface area contributed by atoms with Crippen molar-refractivity contribution in [3.8, 4) is 5.75 Å². The number of nitro groups is 1. The van der Waals surface area contributed by atoms with E-state index in [1.807, 2.05) is 0 Å². The van der Waals surface area contributed by atoms with Crippen molar-refractivity contribution in [2.45, 2.75) is 441 Å². The summed E-state index contributed by atoms with van der Waals surface area (Å²) in [6.07, 6.45) is 103. The van der Waals surface area contributed by atoms with Crippen molar-refractivity contribution in [1.29, 1.82) is 0 Å². The van der Waals surface area contributed by atoms with Crippen LogP contribution in [0.2, 0.25) is 0 Å². The number of hydrogen-bond donors (Lipinski definition) is 1. The van der Waals surface area contributed by atoms with Gasteiger partial charge in [0.25, 0.3) is 5.69 Å². The van der Waals surface area contributed by atoms with Crippen molar-refractivity contribution >= 4 is 18.0 Å². The molecule has 0 atom stereocenters. The van der Waals surface area contributed by atoms with Crippen LogP contribution in [0.5, 0.6) is 5.75 Å². The van der Waals surface area contributed by atoms with Crippen molar-refractivity contribution in [3.05, 3.63) is 132 Å². The maximum atomic E-state index is 12.9. The molecule has 0 aliphatic rings. The van der Waals surface area contributed by atoms with Crippen LogP contribution in [0.1, 0.15) is 429 Å². The fraction of sp³-hybridized carbons (Fsp3) is 0.774. The molecule has 120 heavy (non-hydrogen) atoms. The van der Waals surface area contributed by atoms with Crippen LogP contribution >= 0.6 is 0 Å². The molecule has 1 rings (SSSR count). The first-order valence-electron chi connectivity index (χ1n) is 50.6. The molecule has 0 saturated carbocycles. The highest BCUT2D eigenvalue weighted by Gasteiger charge is 2.19. The van der Waals surface area contributed by atoms with Crippen LogP contribution in [-0.4, -0.2) is 146 Å². The number of unbranched alkanes of at least 4 members (excludes halogenated alkanes) is 38. The quantitative estimate of drug-likeness (QED) is 0.0165. The van der Waals surface area contributed by atoms with Crippen LogP contribution in [-0.2, 0) is 14.2 Å².